The van der Waals surface area contributed by atoms with Crippen LogP contribution in [-0.2, 0) is 0 Å². The Morgan fingerprint density at radius 3 is 2.29 bits per heavy atom. The Morgan fingerprint density at radius 2 is 1.75 bits per heavy atom. The van der Waals surface area contributed by atoms with Crippen LogP contribution in [0.5, 0.6) is 5.75 Å². The fourth-order valence-electron chi connectivity index (χ4n) is 2.13. The molecule has 0 saturated heterocycles. The van der Waals surface area contributed by atoms with Crippen molar-refractivity contribution in [1.82, 2.24) is 4.98 Å². The molecular weight excluding hydrogens is 376 g/mol. The van der Waals surface area contributed by atoms with E-state index in [0.29, 0.717) is 16.4 Å². The zero-order valence-electron chi connectivity index (χ0n) is 15.9. The number of amides is 1. The number of fused-ring (bicyclic) bond motifs is 1. The van der Waals surface area contributed by atoms with Crippen molar-refractivity contribution in [2.75, 3.05) is 19.5 Å². The summed E-state index contributed by atoms with van der Waals surface area (Å²) in [5.74, 6) is 0.543. The molecule has 2 aromatic carbocycles. The minimum atomic E-state index is -0.217. The zero-order chi connectivity index (χ0) is 21.1. The van der Waals surface area contributed by atoms with Gasteiger partial charge in [-0.3, -0.25) is 15.5 Å². The van der Waals surface area contributed by atoms with E-state index >= 15 is 0 Å². The maximum atomic E-state index is 12.3. The summed E-state index contributed by atoms with van der Waals surface area (Å²) in [7, 11) is 3.12. The number of aromatic nitrogens is 1. The highest BCUT2D eigenvalue weighted by Gasteiger charge is 2.10. The van der Waals surface area contributed by atoms with Gasteiger partial charge in [-0.2, -0.15) is 0 Å². The molecule has 28 heavy (non-hydrogen) atoms. The maximum Gasteiger partial charge on any atom is 0.257 e. The van der Waals surface area contributed by atoms with Gasteiger partial charge in [0.1, 0.15) is 5.75 Å². The van der Waals surface area contributed by atoms with Crippen molar-refractivity contribution in [3.8, 4) is 5.75 Å². The van der Waals surface area contributed by atoms with Crippen LogP contribution >= 0.6 is 11.3 Å². The number of hydrogen-bond donors (Lipinski definition) is 5. The monoisotopic (exact) mass is 400 g/mol. The van der Waals surface area contributed by atoms with E-state index in [-0.39, 0.29) is 5.91 Å². The molecule has 0 fully saturated rings. The van der Waals surface area contributed by atoms with Crippen molar-refractivity contribution in [3.63, 3.8) is 0 Å². The molecule has 0 atom stereocenters. The molecule has 3 rings (SSSR count). The molecule has 9 heteroatoms. The van der Waals surface area contributed by atoms with Crippen molar-refractivity contribution in [3.05, 3.63) is 53.6 Å². The molecule has 0 radical (unpaired) electrons. The van der Waals surface area contributed by atoms with Crippen LogP contribution < -0.4 is 21.5 Å². The van der Waals surface area contributed by atoms with Crippen LogP contribution in [0, 0.1) is 10.8 Å². The van der Waals surface area contributed by atoms with Gasteiger partial charge in [-0.15, -0.1) is 0 Å². The van der Waals surface area contributed by atoms with E-state index in [4.69, 9.17) is 15.6 Å². The Labute approximate surface area is 167 Å². The molecule has 0 spiro atoms. The van der Waals surface area contributed by atoms with Crippen molar-refractivity contribution < 1.29 is 9.53 Å². The third kappa shape index (κ3) is 6.15. The molecule has 3 aromatic rings. The van der Waals surface area contributed by atoms with Crippen molar-refractivity contribution in [2.45, 2.75) is 6.92 Å². The number of benzene rings is 2. The Balaban J connectivity index is 0.000000717. The first kappa shape index (κ1) is 22.7. The first-order chi connectivity index (χ1) is 13.5. The lowest BCUT2D eigenvalue weighted by Gasteiger charge is -2.03. The minimum Gasteiger partial charge on any atom is -0.497 e. The lowest BCUT2D eigenvalue weighted by molar-refractivity contribution is 0.102. The smallest absolute Gasteiger partial charge is 0.257 e. The molecule has 148 valence electrons. The number of hydrogen-bond acceptors (Lipinski definition) is 7. The highest BCUT2D eigenvalue weighted by molar-refractivity contribution is 7.22. The molecule has 1 amide bonds. The van der Waals surface area contributed by atoms with Gasteiger partial charge < -0.3 is 21.6 Å². The molecule has 1 aromatic heterocycles. The number of anilines is 1. The number of carbonyl (C=O) groups excluding carboxylic acids is 1. The van der Waals surface area contributed by atoms with Crippen LogP contribution in [0.2, 0.25) is 0 Å². The summed E-state index contributed by atoms with van der Waals surface area (Å²) in [5.41, 5.74) is 11.5. The van der Waals surface area contributed by atoms with Crippen LogP contribution in [0.15, 0.2) is 42.5 Å². The van der Waals surface area contributed by atoms with Crippen LogP contribution in [0.3, 0.4) is 0 Å². The number of nitrogens with zero attached hydrogens (tertiary/aromatic N) is 1. The standard InChI is InChI=1S/C17H15N3O2S.CH4N2.CH5N/c1-10(18)11-3-5-12(6-4-11)16(21)20-17-19-14-8-7-13(22-2)9-15(14)23-17;2-1-3;1-2/h3-9,18H,1-2H3,(H,19,20,21);1H,(H3,2,3);2H2,1H3. The Morgan fingerprint density at radius 1 is 1.18 bits per heavy atom. The number of methoxy groups -OCH3 is 1. The van der Waals surface area contributed by atoms with Gasteiger partial charge in [0.15, 0.2) is 5.13 Å². The number of nitrogens with one attached hydrogen (secondary N) is 3. The average Bonchev–Trinajstić information content (AvgIpc) is 3.11. The van der Waals surface area contributed by atoms with Crippen LogP contribution in [0.1, 0.15) is 22.8 Å². The molecule has 1 heterocycles. The molecule has 0 aliphatic heterocycles. The fraction of sp³-hybridized carbons (Fsp3) is 0.158. The topological polar surface area (TPSA) is 151 Å². The number of thiazole rings is 1. The van der Waals surface area contributed by atoms with E-state index in [2.05, 4.69) is 21.8 Å². The van der Waals surface area contributed by atoms with Gasteiger partial charge in [0.25, 0.3) is 5.91 Å². The molecule has 0 unspecified atom stereocenters. The summed E-state index contributed by atoms with van der Waals surface area (Å²) in [6.07, 6.45) is 0.750. The first-order valence-electron chi connectivity index (χ1n) is 8.18. The van der Waals surface area contributed by atoms with Gasteiger partial charge in [0.05, 0.1) is 23.7 Å². The minimum absolute atomic E-state index is 0.217. The van der Waals surface area contributed by atoms with E-state index in [9.17, 15) is 4.79 Å². The maximum absolute atomic E-state index is 12.3. The van der Waals surface area contributed by atoms with Gasteiger partial charge in [0, 0.05) is 11.3 Å². The molecule has 0 bridgehead atoms. The van der Waals surface area contributed by atoms with Crippen LogP contribution in [-0.4, -0.2) is 37.1 Å². The van der Waals surface area contributed by atoms with Gasteiger partial charge in [-0.25, -0.2) is 4.98 Å². The highest BCUT2D eigenvalue weighted by atomic mass is 32.1. The molecule has 0 aliphatic rings. The lowest BCUT2D eigenvalue weighted by Crippen LogP contribution is -2.11. The van der Waals surface area contributed by atoms with Crippen molar-refractivity contribution in [2.24, 2.45) is 11.5 Å². The van der Waals surface area contributed by atoms with Crippen molar-refractivity contribution >= 4 is 44.6 Å². The summed E-state index contributed by atoms with van der Waals surface area (Å²) in [6, 6.07) is 12.5. The number of ether oxygens (including phenoxy) is 1. The van der Waals surface area contributed by atoms with E-state index in [1.165, 1.54) is 18.4 Å². The van der Waals surface area contributed by atoms with E-state index in [0.717, 1.165) is 27.9 Å². The Kier molecular flexibility index (Phi) is 9.28. The molecule has 8 nitrogen and oxygen atoms in total. The second-order valence-corrected chi connectivity index (χ2v) is 6.21. The SMILES string of the molecule is CN.COc1ccc2nc(NC(=O)c3ccc(C(C)=N)cc3)sc2c1.N=CN. The molecule has 7 N–H and O–H groups in total. The third-order valence-corrected chi connectivity index (χ3v) is 4.33. The summed E-state index contributed by atoms with van der Waals surface area (Å²) in [4.78, 5) is 16.7. The predicted molar refractivity (Wildman–Crippen MR) is 116 cm³/mol. The molecular formula is C19H24N6O2S. The van der Waals surface area contributed by atoms with Gasteiger partial charge in [-0.05, 0) is 49.9 Å². The summed E-state index contributed by atoms with van der Waals surface area (Å²) in [6.45, 7) is 1.71. The van der Waals surface area contributed by atoms with Gasteiger partial charge in [-0.1, -0.05) is 23.5 Å². The molecule has 0 aliphatic carbocycles. The Bertz CT molecular complexity index is 937. The van der Waals surface area contributed by atoms with Crippen molar-refractivity contribution in [1.29, 1.82) is 10.8 Å². The lowest BCUT2D eigenvalue weighted by atomic mass is 10.1. The fourth-order valence-corrected chi connectivity index (χ4v) is 3.02. The number of nitrogens with two attached hydrogens (primary N) is 2. The first-order valence-corrected chi connectivity index (χ1v) is 9.00. The van der Waals surface area contributed by atoms with Crippen LogP contribution in [0.25, 0.3) is 10.2 Å². The zero-order valence-corrected chi connectivity index (χ0v) is 16.8. The van der Waals surface area contributed by atoms with Crippen LogP contribution in [0.4, 0.5) is 5.13 Å². The van der Waals surface area contributed by atoms with Gasteiger partial charge in [0.2, 0.25) is 0 Å². The second kappa shape index (κ2) is 11.4. The average molecular weight is 401 g/mol. The number of rotatable bonds is 4. The van der Waals surface area contributed by atoms with E-state index in [1.807, 2.05) is 18.2 Å². The largest absolute Gasteiger partial charge is 0.497 e. The molecule has 0 saturated carbocycles. The quantitative estimate of drug-likeness (QED) is 0.337. The van der Waals surface area contributed by atoms with E-state index < -0.39 is 0 Å². The normalized spacial score (nSPS) is 9.29. The number of carbonyl (C=O) groups is 1. The summed E-state index contributed by atoms with van der Waals surface area (Å²) in [5, 5.41) is 16.8. The third-order valence-electron chi connectivity index (χ3n) is 3.40. The predicted octanol–water partition coefficient (Wildman–Crippen LogP) is 3.07. The highest BCUT2D eigenvalue weighted by Crippen LogP contribution is 2.29. The Hall–Kier alpha value is -3.30. The summed E-state index contributed by atoms with van der Waals surface area (Å²) >= 11 is 1.40. The van der Waals surface area contributed by atoms with E-state index in [1.54, 1.807) is 38.3 Å². The summed E-state index contributed by atoms with van der Waals surface area (Å²) < 4.78 is 6.14. The second-order valence-electron chi connectivity index (χ2n) is 5.18. The van der Waals surface area contributed by atoms with Gasteiger partial charge >= 0.3 is 0 Å².